The van der Waals surface area contributed by atoms with Gasteiger partial charge in [0.1, 0.15) is 6.29 Å². The Balaban J connectivity index is 1.70. The van der Waals surface area contributed by atoms with Crippen LogP contribution >= 0.6 is 0 Å². The molecule has 0 aromatic rings. The molecule has 3 atom stereocenters. The van der Waals surface area contributed by atoms with Crippen molar-refractivity contribution in [2.75, 3.05) is 0 Å². The Bertz CT molecular complexity index is 252. The van der Waals surface area contributed by atoms with Gasteiger partial charge in [-0.2, -0.15) is 0 Å². The standard InChI is InChI=1S/C17H30O/c1-13-4-3-5-17(14(13)2)11-10-15-6-8-16(12-18)9-7-15/h12-17H,3-11H2,1-2H3. The number of aldehydes is 1. The predicted molar refractivity (Wildman–Crippen MR) is 76.4 cm³/mol. The first-order chi connectivity index (χ1) is 8.70. The second-order valence-electron chi connectivity index (χ2n) is 7.02. The number of carbonyl (C=O) groups is 1. The van der Waals surface area contributed by atoms with Crippen molar-refractivity contribution in [2.24, 2.45) is 29.6 Å². The van der Waals surface area contributed by atoms with Crippen LogP contribution in [0.4, 0.5) is 0 Å². The first-order valence-corrected chi connectivity index (χ1v) is 8.16. The van der Waals surface area contributed by atoms with E-state index in [0.29, 0.717) is 5.92 Å². The Morgan fingerprint density at radius 2 is 1.67 bits per heavy atom. The van der Waals surface area contributed by atoms with Gasteiger partial charge >= 0.3 is 0 Å². The molecule has 0 N–H and O–H groups in total. The zero-order valence-corrected chi connectivity index (χ0v) is 12.2. The van der Waals surface area contributed by atoms with Crippen molar-refractivity contribution in [3.63, 3.8) is 0 Å². The molecule has 0 bridgehead atoms. The normalized spacial score (nSPS) is 41.6. The van der Waals surface area contributed by atoms with Gasteiger partial charge in [0.05, 0.1) is 0 Å². The molecule has 0 aromatic carbocycles. The molecule has 1 nitrogen and oxygen atoms in total. The molecule has 2 fully saturated rings. The Kier molecular flexibility index (Phi) is 5.26. The van der Waals surface area contributed by atoms with Gasteiger partial charge in [-0.25, -0.2) is 0 Å². The lowest BCUT2D eigenvalue weighted by Gasteiger charge is -2.35. The van der Waals surface area contributed by atoms with Gasteiger partial charge in [0, 0.05) is 5.92 Å². The van der Waals surface area contributed by atoms with Crippen LogP contribution in [-0.4, -0.2) is 6.29 Å². The Morgan fingerprint density at radius 1 is 0.944 bits per heavy atom. The Morgan fingerprint density at radius 3 is 2.33 bits per heavy atom. The van der Waals surface area contributed by atoms with E-state index in [-0.39, 0.29) is 0 Å². The van der Waals surface area contributed by atoms with Crippen LogP contribution in [0.1, 0.15) is 71.6 Å². The predicted octanol–water partition coefficient (Wildman–Crippen LogP) is 4.84. The summed E-state index contributed by atoms with van der Waals surface area (Å²) in [4.78, 5) is 10.8. The highest BCUT2D eigenvalue weighted by molar-refractivity contribution is 5.53. The van der Waals surface area contributed by atoms with Crippen molar-refractivity contribution in [2.45, 2.75) is 71.6 Å². The summed E-state index contributed by atoms with van der Waals surface area (Å²) >= 11 is 0. The molecule has 0 aliphatic heterocycles. The molecule has 0 spiro atoms. The van der Waals surface area contributed by atoms with E-state index in [9.17, 15) is 4.79 Å². The van der Waals surface area contributed by atoms with Crippen molar-refractivity contribution in [1.82, 2.24) is 0 Å². The van der Waals surface area contributed by atoms with Crippen molar-refractivity contribution >= 4 is 6.29 Å². The molecule has 2 saturated carbocycles. The fourth-order valence-electron chi connectivity index (χ4n) is 4.16. The Hall–Kier alpha value is -0.330. The van der Waals surface area contributed by atoms with Crippen LogP contribution in [0.3, 0.4) is 0 Å². The number of carbonyl (C=O) groups excluding carboxylic acids is 1. The highest BCUT2D eigenvalue weighted by atomic mass is 16.1. The third-order valence-electron chi connectivity index (χ3n) is 5.91. The summed E-state index contributed by atoms with van der Waals surface area (Å²) in [6.45, 7) is 4.91. The third-order valence-corrected chi connectivity index (χ3v) is 5.91. The number of rotatable bonds is 4. The van der Waals surface area contributed by atoms with E-state index in [1.54, 1.807) is 0 Å². The molecule has 0 radical (unpaired) electrons. The van der Waals surface area contributed by atoms with Gasteiger partial charge in [-0.05, 0) is 55.8 Å². The lowest BCUT2D eigenvalue weighted by Crippen LogP contribution is -2.25. The zero-order chi connectivity index (χ0) is 13.0. The zero-order valence-electron chi connectivity index (χ0n) is 12.2. The molecular weight excluding hydrogens is 220 g/mol. The van der Waals surface area contributed by atoms with E-state index >= 15 is 0 Å². The van der Waals surface area contributed by atoms with Crippen molar-refractivity contribution in [3.8, 4) is 0 Å². The molecule has 1 heteroatoms. The molecule has 3 unspecified atom stereocenters. The summed E-state index contributed by atoms with van der Waals surface area (Å²) in [5, 5.41) is 0. The van der Waals surface area contributed by atoms with Crippen LogP contribution in [0, 0.1) is 29.6 Å². The first kappa shape index (κ1) is 14.1. The molecule has 0 aromatic heterocycles. The fraction of sp³-hybridized carbons (Fsp3) is 0.941. The summed E-state index contributed by atoms with van der Waals surface area (Å²) < 4.78 is 0. The van der Waals surface area contributed by atoms with Crippen molar-refractivity contribution in [1.29, 1.82) is 0 Å². The fourth-order valence-corrected chi connectivity index (χ4v) is 4.16. The molecule has 2 rings (SSSR count). The third kappa shape index (κ3) is 3.59. The van der Waals surface area contributed by atoms with Crippen LogP contribution in [0.5, 0.6) is 0 Å². The summed E-state index contributed by atoms with van der Waals surface area (Å²) in [6, 6.07) is 0. The number of hydrogen-bond acceptors (Lipinski definition) is 1. The van der Waals surface area contributed by atoms with Gasteiger partial charge in [0.25, 0.3) is 0 Å². The summed E-state index contributed by atoms with van der Waals surface area (Å²) in [7, 11) is 0. The van der Waals surface area contributed by atoms with E-state index in [2.05, 4.69) is 13.8 Å². The van der Waals surface area contributed by atoms with Gasteiger partial charge in [-0.15, -0.1) is 0 Å². The van der Waals surface area contributed by atoms with Crippen LogP contribution in [0.2, 0.25) is 0 Å². The topological polar surface area (TPSA) is 17.1 Å². The molecule has 18 heavy (non-hydrogen) atoms. The highest BCUT2D eigenvalue weighted by Gasteiger charge is 2.28. The Labute approximate surface area is 113 Å². The largest absolute Gasteiger partial charge is 0.303 e. The van der Waals surface area contributed by atoms with Crippen molar-refractivity contribution in [3.05, 3.63) is 0 Å². The summed E-state index contributed by atoms with van der Waals surface area (Å²) in [6.07, 6.45) is 13.3. The van der Waals surface area contributed by atoms with Crippen LogP contribution in [0.15, 0.2) is 0 Å². The molecule has 0 saturated heterocycles. The minimum atomic E-state index is 0.384. The maximum absolute atomic E-state index is 10.8. The van der Waals surface area contributed by atoms with Crippen LogP contribution in [-0.2, 0) is 4.79 Å². The number of hydrogen-bond donors (Lipinski definition) is 0. The molecular formula is C17H30O. The van der Waals surface area contributed by atoms with Crippen molar-refractivity contribution < 1.29 is 4.79 Å². The minimum absolute atomic E-state index is 0.384. The molecule has 104 valence electrons. The van der Waals surface area contributed by atoms with Gasteiger partial charge < -0.3 is 4.79 Å². The van der Waals surface area contributed by atoms with Gasteiger partial charge in [0.15, 0.2) is 0 Å². The van der Waals surface area contributed by atoms with Gasteiger partial charge in [-0.1, -0.05) is 39.5 Å². The molecule has 2 aliphatic carbocycles. The summed E-state index contributed by atoms with van der Waals surface area (Å²) in [5.41, 5.74) is 0. The smallest absolute Gasteiger partial charge is 0.123 e. The molecule has 0 heterocycles. The summed E-state index contributed by atoms with van der Waals surface area (Å²) in [5.74, 6) is 4.16. The first-order valence-electron chi connectivity index (χ1n) is 8.16. The van der Waals surface area contributed by atoms with Gasteiger partial charge in [-0.3, -0.25) is 0 Å². The molecule has 2 aliphatic rings. The average Bonchev–Trinajstić information content (AvgIpc) is 2.41. The monoisotopic (exact) mass is 250 g/mol. The van der Waals surface area contributed by atoms with E-state index in [1.165, 1.54) is 51.2 Å². The second kappa shape index (κ2) is 6.73. The van der Waals surface area contributed by atoms with E-state index in [4.69, 9.17) is 0 Å². The maximum Gasteiger partial charge on any atom is 0.123 e. The van der Waals surface area contributed by atoms with Crippen LogP contribution < -0.4 is 0 Å². The average molecular weight is 250 g/mol. The van der Waals surface area contributed by atoms with Crippen LogP contribution in [0.25, 0.3) is 0 Å². The van der Waals surface area contributed by atoms with E-state index in [0.717, 1.165) is 36.5 Å². The lowest BCUT2D eigenvalue weighted by molar-refractivity contribution is -0.112. The van der Waals surface area contributed by atoms with E-state index in [1.807, 2.05) is 0 Å². The minimum Gasteiger partial charge on any atom is -0.303 e. The van der Waals surface area contributed by atoms with E-state index < -0.39 is 0 Å². The van der Waals surface area contributed by atoms with Gasteiger partial charge in [0.2, 0.25) is 0 Å². The SMILES string of the molecule is CC1CCCC(CCC2CCC(C=O)CC2)C1C. The second-order valence-corrected chi connectivity index (χ2v) is 7.02. The quantitative estimate of drug-likeness (QED) is 0.652. The molecule has 0 amide bonds. The lowest BCUT2D eigenvalue weighted by atomic mass is 9.70. The highest BCUT2D eigenvalue weighted by Crippen LogP contribution is 2.39. The maximum atomic E-state index is 10.8.